The summed E-state index contributed by atoms with van der Waals surface area (Å²) in [6, 6.07) is 10.4. The van der Waals surface area contributed by atoms with E-state index in [0.29, 0.717) is 12.0 Å². The lowest BCUT2D eigenvalue weighted by molar-refractivity contribution is 0.126. The molecule has 0 saturated heterocycles. The van der Waals surface area contributed by atoms with Crippen LogP contribution >= 0.6 is 0 Å². The van der Waals surface area contributed by atoms with Gasteiger partial charge in [0.2, 0.25) is 0 Å². The van der Waals surface area contributed by atoms with E-state index in [-0.39, 0.29) is 0 Å². The molecule has 1 saturated carbocycles. The second-order valence-corrected chi connectivity index (χ2v) is 6.76. The Morgan fingerprint density at radius 3 is 2.78 bits per heavy atom. The quantitative estimate of drug-likeness (QED) is 0.824. The molecule has 4 heteroatoms. The standard InChI is InChI=1S/C19H27N3O/c23-13-10-19(8-2-1-3-9-19)16-20-15-17-6-4-7-18(14-17)22-12-5-11-21-22/h4-7,11-12,14,20,23H,1-3,8-10,13,15-16H2. The second kappa shape index (κ2) is 7.75. The van der Waals surface area contributed by atoms with Gasteiger partial charge in [-0.25, -0.2) is 4.68 Å². The van der Waals surface area contributed by atoms with Crippen molar-refractivity contribution in [2.75, 3.05) is 13.2 Å². The van der Waals surface area contributed by atoms with Gasteiger partial charge in [-0.3, -0.25) is 0 Å². The minimum Gasteiger partial charge on any atom is -0.396 e. The molecule has 0 spiro atoms. The molecule has 0 unspecified atom stereocenters. The average Bonchev–Trinajstić information content (AvgIpc) is 3.11. The Balaban J connectivity index is 1.58. The van der Waals surface area contributed by atoms with Gasteiger partial charge in [-0.15, -0.1) is 0 Å². The van der Waals surface area contributed by atoms with E-state index >= 15 is 0 Å². The minimum atomic E-state index is 0.298. The molecule has 1 aliphatic rings. The van der Waals surface area contributed by atoms with E-state index < -0.39 is 0 Å². The zero-order valence-electron chi connectivity index (χ0n) is 13.7. The van der Waals surface area contributed by atoms with E-state index in [9.17, 15) is 5.11 Å². The number of nitrogens with zero attached hydrogens (tertiary/aromatic N) is 2. The summed E-state index contributed by atoms with van der Waals surface area (Å²) in [5.41, 5.74) is 2.66. The minimum absolute atomic E-state index is 0.298. The number of nitrogens with one attached hydrogen (secondary N) is 1. The molecule has 0 aliphatic heterocycles. The summed E-state index contributed by atoms with van der Waals surface area (Å²) >= 11 is 0. The Kier molecular flexibility index (Phi) is 5.47. The summed E-state index contributed by atoms with van der Waals surface area (Å²) in [5.74, 6) is 0. The Labute approximate surface area is 138 Å². The van der Waals surface area contributed by atoms with Crippen LogP contribution < -0.4 is 5.32 Å². The van der Waals surface area contributed by atoms with Crippen LogP contribution in [0.5, 0.6) is 0 Å². The van der Waals surface area contributed by atoms with E-state index in [0.717, 1.165) is 25.2 Å². The molecule has 1 aromatic carbocycles. The van der Waals surface area contributed by atoms with Crippen LogP contribution in [0.2, 0.25) is 0 Å². The summed E-state index contributed by atoms with van der Waals surface area (Å²) in [5, 5.41) is 17.3. The first-order valence-electron chi connectivity index (χ1n) is 8.72. The van der Waals surface area contributed by atoms with Gasteiger partial charge in [0.05, 0.1) is 5.69 Å². The van der Waals surface area contributed by atoms with Crippen LogP contribution in [0.4, 0.5) is 0 Å². The van der Waals surface area contributed by atoms with E-state index in [1.165, 1.54) is 37.7 Å². The van der Waals surface area contributed by atoms with Crippen LogP contribution in [-0.2, 0) is 6.54 Å². The fourth-order valence-corrected chi connectivity index (χ4v) is 3.76. The van der Waals surface area contributed by atoms with Gasteiger partial charge in [0.1, 0.15) is 0 Å². The van der Waals surface area contributed by atoms with Gasteiger partial charge in [-0.1, -0.05) is 31.4 Å². The monoisotopic (exact) mass is 313 g/mol. The molecular weight excluding hydrogens is 286 g/mol. The fourth-order valence-electron chi connectivity index (χ4n) is 3.76. The van der Waals surface area contributed by atoms with Crippen LogP contribution in [0.25, 0.3) is 5.69 Å². The highest BCUT2D eigenvalue weighted by Crippen LogP contribution is 2.38. The van der Waals surface area contributed by atoms with Crippen LogP contribution in [-0.4, -0.2) is 28.0 Å². The summed E-state index contributed by atoms with van der Waals surface area (Å²) in [6.07, 6.45) is 11.1. The summed E-state index contributed by atoms with van der Waals surface area (Å²) in [7, 11) is 0. The van der Waals surface area contributed by atoms with Crippen molar-refractivity contribution in [2.24, 2.45) is 5.41 Å². The zero-order valence-corrected chi connectivity index (χ0v) is 13.7. The van der Waals surface area contributed by atoms with Crippen LogP contribution in [0, 0.1) is 5.41 Å². The molecule has 4 nitrogen and oxygen atoms in total. The maximum atomic E-state index is 9.40. The Hall–Kier alpha value is -1.65. The maximum absolute atomic E-state index is 9.40. The number of aliphatic hydroxyl groups is 1. The highest BCUT2D eigenvalue weighted by atomic mass is 16.3. The third kappa shape index (κ3) is 4.21. The lowest BCUT2D eigenvalue weighted by Gasteiger charge is -2.37. The van der Waals surface area contributed by atoms with Crippen molar-refractivity contribution in [2.45, 2.75) is 45.1 Å². The Morgan fingerprint density at radius 2 is 2.04 bits per heavy atom. The predicted molar refractivity (Wildman–Crippen MR) is 92.5 cm³/mol. The topological polar surface area (TPSA) is 50.1 Å². The first-order valence-corrected chi connectivity index (χ1v) is 8.72. The van der Waals surface area contributed by atoms with Crippen molar-refractivity contribution in [3.05, 3.63) is 48.3 Å². The zero-order chi connectivity index (χ0) is 16.0. The van der Waals surface area contributed by atoms with Gasteiger partial charge in [0.25, 0.3) is 0 Å². The van der Waals surface area contributed by atoms with E-state index in [2.05, 4.69) is 34.7 Å². The molecule has 1 heterocycles. The van der Waals surface area contributed by atoms with Crippen molar-refractivity contribution in [1.29, 1.82) is 0 Å². The van der Waals surface area contributed by atoms with Crippen molar-refractivity contribution in [3.8, 4) is 5.69 Å². The van der Waals surface area contributed by atoms with Gasteiger partial charge in [0, 0.05) is 32.1 Å². The highest BCUT2D eigenvalue weighted by molar-refractivity contribution is 5.34. The van der Waals surface area contributed by atoms with Gasteiger partial charge in [-0.2, -0.15) is 5.10 Å². The van der Waals surface area contributed by atoms with Crippen molar-refractivity contribution in [3.63, 3.8) is 0 Å². The molecule has 124 valence electrons. The molecule has 2 aromatic rings. The Morgan fingerprint density at radius 1 is 1.17 bits per heavy atom. The molecule has 1 fully saturated rings. The molecule has 0 bridgehead atoms. The molecule has 0 amide bonds. The largest absolute Gasteiger partial charge is 0.396 e. The van der Waals surface area contributed by atoms with Gasteiger partial charge in [0.15, 0.2) is 0 Å². The number of hydrogen-bond donors (Lipinski definition) is 2. The summed E-state index contributed by atoms with van der Waals surface area (Å²) in [6.45, 7) is 2.16. The molecule has 1 aromatic heterocycles. The van der Waals surface area contributed by atoms with Crippen molar-refractivity contribution >= 4 is 0 Å². The number of aliphatic hydroxyl groups excluding tert-OH is 1. The van der Waals surface area contributed by atoms with Crippen LogP contribution in [0.15, 0.2) is 42.7 Å². The van der Waals surface area contributed by atoms with Crippen LogP contribution in [0.3, 0.4) is 0 Å². The second-order valence-electron chi connectivity index (χ2n) is 6.76. The maximum Gasteiger partial charge on any atom is 0.0648 e. The van der Waals surface area contributed by atoms with E-state index in [4.69, 9.17) is 0 Å². The first-order chi connectivity index (χ1) is 11.3. The van der Waals surface area contributed by atoms with Crippen LogP contribution in [0.1, 0.15) is 44.1 Å². The van der Waals surface area contributed by atoms with Gasteiger partial charge in [-0.05, 0) is 48.4 Å². The lowest BCUT2D eigenvalue weighted by atomic mass is 9.72. The molecule has 1 aliphatic carbocycles. The molecule has 23 heavy (non-hydrogen) atoms. The molecule has 0 atom stereocenters. The predicted octanol–water partition coefficient (Wildman–Crippen LogP) is 3.29. The van der Waals surface area contributed by atoms with Crippen molar-refractivity contribution in [1.82, 2.24) is 15.1 Å². The lowest BCUT2D eigenvalue weighted by Crippen LogP contribution is -2.36. The SMILES string of the molecule is OCCC1(CNCc2cccc(-n3cccn3)c2)CCCCC1. The normalized spacial score (nSPS) is 17.3. The number of rotatable bonds is 7. The smallest absolute Gasteiger partial charge is 0.0648 e. The highest BCUT2D eigenvalue weighted by Gasteiger charge is 2.30. The third-order valence-corrected chi connectivity index (χ3v) is 5.06. The van der Waals surface area contributed by atoms with Gasteiger partial charge >= 0.3 is 0 Å². The number of aromatic nitrogens is 2. The molecule has 2 N–H and O–H groups in total. The Bertz CT molecular complexity index is 583. The number of benzene rings is 1. The third-order valence-electron chi connectivity index (χ3n) is 5.06. The average molecular weight is 313 g/mol. The van der Waals surface area contributed by atoms with E-state index in [1.54, 1.807) is 6.20 Å². The summed E-state index contributed by atoms with van der Waals surface area (Å²) < 4.78 is 1.89. The molecular formula is C19H27N3O. The molecule has 0 radical (unpaired) electrons. The fraction of sp³-hybridized carbons (Fsp3) is 0.526. The first kappa shape index (κ1) is 16.2. The molecule has 3 rings (SSSR count). The van der Waals surface area contributed by atoms with E-state index in [1.807, 2.05) is 16.9 Å². The van der Waals surface area contributed by atoms with Gasteiger partial charge < -0.3 is 10.4 Å². The summed E-state index contributed by atoms with van der Waals surface area (Å²) in [4.78, 5) is 0. The van der Waals surface area contributed by atoms with Crippen molar-refractivity contribution < 1.29 is 5.11 Å². The number of hydrogen-bond acceptors (Lipinski definition) is 3.